The van der Waals surface area contributed by atoms with Crippen LogP contribution in [0.5, 0.6) is 0 Å². The molecule has 0 fully saturated rings. The minimum absolute atomic E-state index is 0. The van der Waals surface area contributed by atoms with E-state index in [1.165, 1.54) is 0 Å². The summed E-state index contributed by atoms with van der Waals surface area (Å²) in [6, 6.07) is 0. The molecule has 0 radical (unpaired) electrons. The van der Waals surface area contributed by atoms with E-state index in [9.17, 15) is 0 Å². The van der Waals surface area contributed by atoms with Crippen LogP contribution in [-0.2, 0) is 29.1 Å². The van der Waals surface area contributed by atoms with Crippen LogP contribution in [0.1, 0.15) is 108 Å². The van der Waals surface area contributed by atoms with Crippen molar-refractivity contribution < 1.29 is 29.1 Å². The number of carbonyl (C=O) groups excluding carboxylic acids is 2. The van der Waals surface area contributed by atoms with E-state index in [4.69, 9.17) is 9.59 Å². The molecule has 0 aliphatic rings. The van der Waals surface area contributed by atoms with Crippen molar-refractivity contribution in [2.24, 2.45) is 0 Å². The van der Waals surface area contributed by atoms with E-state index in [0.717, 1.165) is 51.6 Å². The first-order chi connectivity index (χ1) is 14.0. The van der Waals surface area contributed by atoms with Crippen LogP contribution in [0.15, 0.2) is 0 Å². The second-order valence-electron chi connectivity index (χ2n) is 8.95. The molecule has 0 rings (SSSR count). The predicted molar refractivity (Wildman–Crippen MR) is 134 cm³/mol. The molecule has 0 aromatic carbocycles. The second-order valence-corrected chi connectivity index (χ2v) is 8.95. The maximum absolute atomic E-state index is 7.75. The van der Waals surface area contributed by atoms with Gasteiger partial charge in [-0.2, -0.15) is 13.1 Å². The summed E-state index contributed by atoms with van der Waals surface area (Å²) in [7, 11) is 0. The molecule has 0 aliphatic heterocycles. The van der Waals surface area contributed by atoms with Gasteiger partial charge in [0.05, 0.1) is 0 Å². The Hall–Kier alpha value is -0.197. The van der Waals surface area contributed by atoms with Gasteiger partial charge in [0.2, 0.25) is 0 Å². The summed E-state index contributed by atoms with van der Waals surface area (Å²) in [5.74, 6) is 0. The molecular formula is C24H50N4O2Ru. The Morgan fingerprint density at radius 3 is 1.00 bits per heavy atom. The van der Waals surface area contributed by atoms with Crippen molar-refractivity contribution in [1.29, 1.82) is 0 Å². The Kier molecular flexibility index (Phi) is 36.9. The molecule has 0 amide bonds. The van der Waals surface area contributed by atoms with E-state index >= 15 is 0 Å². The summed E-state index contributed by atoms with van der Waals surface area (Å²) >= 11 is 0. The van der Waals surface area contributed by atoms with Crippen molar-refractivity contribution in [3.05, 3.63) is 21.3 Å². The fourth-order valence-corrected chi connectivity index (χ4v) is 2.36. The van der Waals surface area contributed by atoms with Crippen LogP contribution >= 0.6 is 0 Å². The number of nitrogens with zero attached hydrogens (tertiary/aromatic N) is 4. The van der Waals surface area contributed by atoms with Crippen LogP contribution in [-0.4, -0.2) is 50.1 Å². The largest absolute Gasteiger partial charge is 6.00 e. The van der Waals surface area contributed by atoms with Gasteiger partial charge in [0, 0.05) is 0 Å². The minimum atomic E-state index is 0. The maximum Gasteiger partial charge on any atom is 6.00 e. The molecule has 0 saturated carbocycles. The van der Waals surface area contributed by atoms with Gasteiger partial charge in [0.1, 0.15) is 0 Å². The molecule has 0 N–H and O–H groups in total. The van der Waals surface area contributed by atoms with Crippen LogP contribution in [0.2, 0.25) is 0 Å². The average molecular weight is 528 g/mol. The standard InChI is InChI=1S/2C11H24N2.2CHO.Ru/c2*1-6-8-10(12-9-7-2)13-11(3,4)5;2*1-2;/h2*10H,6-9H2,1-5H3;2*1H;/q2*-2;2*-1;+6. The molecule has 0 spiro atoms. The van der Waals surface area contributed by atoms with Crippen molar-refractivity contribution >= 4 is 13.6 Å². The van der Waals surface area contributed by atoms with Gasteiger partial charge in [-0.1, -0.05) is 108 Å². The molecule has 6 nitrogen and oxygen atoms in total. The predicted octanol–water partition coefficient (Wildman–Crippen LogP) is 7.59. The van der Waals surface area contributed by atoms with Gasteiger partial charge in [0.25, 0.3) is 0 Å². The first-order valence-electron chi connectivity index (χ1n) is 11.2. The van der Waals surface area contributed by atoms with Gasteiger partial charge in [-0.05, 0) is 0 Å². The quantitative estimate of drug-likeness (QED) is 0.149. The van der Waals surface area contributed by atoms with Gasteiger partial charge >= 0.3 is 19.5 Å². The Morgan fingerprint density at radius 2 is 0.839 bits per heavy atom. The molecule has 0 saturated heterocycles. The number of rotatable bonds is 12. The smallest absolute Gasteiger partial charge is 0.678 e. The van der Waals surface area contributed by atoms with Gasteiger partial charge in [-0.3, -0.25) is 13.6 Å². The second kappa shape index (κ2) is 27.8. The molecule has 0 aromatic heterocycles. The average Bonchev–Trinajstić information content (AvgIpc) is 2.66. The molecule has 0 aromatic rings. The molecular weight excluding hydrogens is 477 g/mol. The van der Waals surface area contributed by atoms with Crippen LogP contribution in [0.4, 0.5) is 0 Å². The Labute approximate surface area is 208 Å². The van der Waals surface area contributed by atoms with Gasteiger partial charge < -0.3 is 30.9 Å². The SMILES string of the molecule is CCC[N-]C(CCC)[N-]C(C)(C)C.CCC[N-]C(CCC)[N-]C(C)(C)C.[CH-]=O.[CH-]=O.[Ru+6]. The maximum atomic E-state index is 7.75. The van der Waals surface area contributed by atoms with Crippen LogP contribution in [0, 0.1) is 0 Å². The van der Waals surface area contributed by atoms with Crippen LogP contribution in [0.3, 0.4) is 0 Å². The Morgan fingerprint density at radius 1 is 0.581 bits per heavy atom. The zero-order valence-electron chi connectivity index (χ0n) is 21.9. The monoisotopic (exact) mass is 528 g/mol. The third-order valence-corrected chi connectivity index (χ3v) is 3.29. The molecule has 31 heavy (non-hydrogen) atoms. The third-order valence-electron chi connectivity index (χ3n) is 3.29. The van der Waals surface area contributed by atoms with E-state index in [0.29, 0.717) is 0 Å². The zero-order chi connectivity index (χ0) is 24.6. The van der Waals surface area contributed by atoms with Gasteiger partial charge in [-0.15, -0.1) is 11.1 Å². The van der Waals surface area contributed by atoms with Crippen molar-refractivity contribution in [3.8, 4) is 0 Å². The van der Waals surface area contributed by atoms with Crippen LogP contribution < -0.4 is 0 Å². The van der Waals surface area contributed by atoms with E-state index in [1.807, 2.05) is 0 Å². The summed E-state index contributed by atoms with van der Waals surface area (Å²) in [6.07, 6.45) is 7.22. The Balaban J connectivity index is -0.000000122. The summed E-state index contributed by atoms with van der Waals surface area (Å²) in [6.45, 7) is 29.9. The first kappa shape index (κ1) is 41.1. The molecule has 186 valence electrons. The van der Waals surface area contributed by atoms with Crippen molar-refractivity contribution in [2.45, 2.75) is 131 Å². The summed E-state index contributed by atoms with van der Waals surface area (Å²) < 4.78 is 0. The summed E-state index contributed by atoms with van der Waals surface area (Å²) in [5.41, 5.74) is 0.105. The normalized spacial score (nSPS) is 12.5. The molecule has 0 bridgehead atoms. The van der Waals surface area contributed by atoms with Crippen molar-refractivity contribution in [1.82, 2.24) is 0 Å². The van der Waals surface area contributed by atoms with Crippen LogP contribution in [0.25, 0.3) is 21.3 Å². The van der Waals surface area contributed by atoms with Crippen molar-refractivity contribution in [2.75, 3.05) is 13.1 Å². The molecule has 2 atom stereocenters. The number of hydrogen-bond donors (Lipinski definition) is 0. The Bertz CT molecular complexity index is 303. The molecule has 0 aliphatic carbocycles. The molecule has 7 heteroatoms. The topological polar surface area (TPSA) is 90.5 Å². The van der Waals surface area contributed by atoms with E-state index in [-0.39, 0.29) is 42.9 Å². The zero-order valence-corrected chi connectivity index (χ0v) is 23.7. The minimum Gasteiger partial charge on any atom is -0.678 e. The summed E-state index contributed by atoms with van der Waals surface area (Å²) in [5, 5.41) is 18.4. The fourth-order valence-electron chi connectivity index (χ4n) is 2.36. The molecule has 2 unspecified atom stereocenters. The summed E-state index contributed by atoms with van der Waals surface area (Å²) in [4.78, 5) is 15.5. The fraction of sp³-hybridized carbons (Fsp3) is 0.917. The van der Waals surface area contributed by atoms with E-state index in [1.54, 1.807) is 0 Å². The van der Waals surface area contributed by atoms with Gasteiger partial charge in [-0.25, -0.2) is 12.3 Å². The van der Waals surface area contributed by atoms with E-state index in [2.05, 4.69) is 104 Å². The number of hydrogen-bond acceptors (Lipinski definition) is 2. The van der Waals surface area contributed by atoms with Crippen molar-refractivity contribution in [3.63, 3.8) is 0 Å². The van der Waals surface area contributed by atoms with E-state index < -0.39 is 0 Å². The van der Waals surface area contributed by atoms with Gasteiger partial charge in [0.15, 0.2) is 0 Å². The molecule has 0 heterocycles. The third kappa shape index (κ3) is 40.7. The first-order valence-corrected chi connectivity index (χ1v) is 11.2.